The molecule has 0 atom stereocenters. The smallest absolute Gasteiger partial charge is 0.273 e. The van der Waals surface area contributed by atoms with Crippen LogP contribution in [0.5, 0.6) is 0 Å². The molecule has 3 heterocycles. The molecule has 1 N–H and O–H groups in total. The molecule has 7 nitrogen and oxygen atoms in total. The van der Waals surface area contributed by atoms with E-state index in [-0.39, 0.29) is 5.91 Å². The molecule has 3 aromatic heterocycles. The number of amides is 1. The summed E-state index contributed by atoms with van der Waals surface area (Å²) in [5.41, 5.74) is 3.07. The van der Waals surface area contributed by atoms with E-state index in [1.165, 1.54) is 0 Å². The molecule has 24 heavy (non-hydrogen) atoms. The summed E-state index contributed by atoms with van der Waals surface area (Å²) in [5, 5.41) is 11.2. The van der Waals surface area contributed by atoms with Gasteiger partial charge in [-0.05, 0) is 31.0 Å². The highest BCUT2D eigenvalue weighted by atomic mass is 16.5. The molecular formula is C17H17N5O2. The maximum absolute atomic E-state index is 12.2. The average molecular weight is 323 g/mol. The van der Waals surface area contributed by atoms with Crippen LogP contribution in [-0.4, -0.2) is 25.8 Å². The SMILES string of the molecule is Cn1nc(-c2ccncc2)cc1CNC(=O)c1cc(C2CC2)on1. The van der Waals surface area contributed by atoms with Crippen LogP contribution in [0.4, 0.5) is 0 Å². The van der Waals surface area contributed by atoms with Crippen molar-refractivity contribution in [3.63, 3.8) is 0 Å². The van der Waals surface area contributed by atoms with Crippen molar-refractivity contribution in [1.29, 1.82) is 0 Å². The zero-order chi connectivity index (χ0) is 16.5. The van der Waals surface area contributed by atoms with Gasteiger partial charge in [0.25, 0.3) is 5.91 Å². The van der Waals surface area contributed by atoms with Crippen LogP contribution in [0.25, 0.3) is 11.3 Å². The summed E-state index contributed by atoms with van der Waals surface area (Å²) in [6.07, 6.45) is 5.69. The van der Waals surface area contributed by atoms with E-state index in [4.69, 9.17) is 4.52 Å². The van der Waals surface area contributed by atoms with Crippen LogP contribution in [0.1, 0.15) is 40.7 Å². The van der Waals surface area contributed by atoms with E-state index < -0.39 is 0 Å². The fraction of sp³-hybridized carbons (Fsp3) is 0.294. The monoisotopic (exact) mass is 323 g/mol. The van der Waals surface area contributed by atoms with Gasteiger partial charge in [-0.25, -0.2) is 0 Å². The van der Waals surface area contributed by atoms with Crippen molar-refractivity contribution in [2.45, 2.75) is 25.3 Å². The maximum atomic E-state index is 12.2. The van der Waals surface area contributed by atoms with Gasteiger partial charge in [0, 0.05) is 37.0 Å². The lowest BCUT2D eigenvalue weighted by molar-refractivity contribution is 0.0941. The highest BCUT2D eigenvalue weighted by Crippen LogP contribution is 2.40. The third-order valence-corrected chi connectivity index (χ3v) is 4.12. The molecular weight excluding hydrogens is 306 g/mol. The van der Waals surface area contributed by atoms with Crippen molar-refractivity contribution >= 4 is 5.91 Å². The molecule has 0 unspecified atom stereocenters. The molecule has 3 aromatic rings. The number of hydrogen-bond donors (Lipinski definition) is 1. The zero-order valence-corrected chi connectivity index (χ0v) is 13.3. The number of carbonyl (C=O) groups excluding carboxylic acids is 1. The van der Waals surface area contributed by atoms with Gasteiger partial charge in [0.2, 0.25) is 0 Å². The minimum atomic E-state index is -0.239. The first-order valence-corrected chi connectivity index (χ1v) is 7.89. The Balaban J connectivity index is 1.43. The number of carbonyl (C=O) groups is 1. The molecule has 4 rings (SSSR count). The standard InChI is InChI=1S/C17H17N5O2/c1-22-13(8-14(20-22)11-4-6-18-7-5-11)10-19-17(23)15-9-16(24-21-15)12-2-3-12/h4-9,12H,2-3,10H2,1H3,(H,19,23). The van der Waals surface area contributed by atoms with Gasteiger partial charge in [0.1, 0.15) is 5.76 Å². The largest absolute Gasteiger partial charge is 0.360 e. The van der Waals surface area contributed by atoms with Gasteiger partial charge in [-0.15, -0.1) is 0 Å². The fourth-order valence-corrected chi connectivity index (χ4v) is 2.55. The highest BCUT2D eigenvalue weighted by molar-refractivity contribution is 5.92. The molecule has 1 aliphatic carbocycles. The normalized spacial score (nSPS) is 13.9. The molecule has 1 saturated carbocycles. The minimum absolute atomic E-state index is 0.239. The fourth-order valence-electron chi connectivity index (χ4n) is 2.55. The first-order valence-electron chi connectivity index (χ1n) is 7.89. The van der Waals surface area contributed by atoms with Crippen LogP contribution in [-0.2, 0) is 13.6 Å². The second kappa shape index (κ2) is 5.92. The first-order chi connectivity index (χ1) is 11.7. The molecule has 0 spiro atoms. The Hall–Kier alpha value is -2.96. The van der Waals surface area contributed by atoms with Crippen LogP contribution in [0.15, 0.2) is 41.2 Å². The van der Waals surface area contributed by atoms with Crippen molar-refractivity contribution in [2.75, 3.05) is 0 Å². The maximum Gasteiger partial charge on any atom is 0.273 e. The second-order valence-corrected chi connectivity index (χ2v) is 5.95. The third-order valence-electron chi connectivity index (χ3n) is 4.12. The summed E-state index contributed by atoms with van der Waals surface area (Å²) in [6.45, 7) is 0.374. The Morgan fingerprint density at radius 2 is 2.12 bits per heavy atom. The zero-order valence-electron chi connectivity index (χ0n) is 13.3. The average Bonchev–Trinajstić information content (AvgIpc) is 3.22. The quantitative estimate of drug-likeness (QED) is 0.778. The number of nitrogens with one attached hydrogen (secondary N) is 1. The lowest BCUT2D eigenvalue weighted by Gasteiger charge is -2.02. The highest BCUT2D eigenvalue weighted by Gasteiger charge is 2.28. The number of pyridine rings is 1. The summed E-state index contributed by atoms with van der Waals surface area (Å²) in [4.78, 5) is 16.2. The molecule has 0 bridgehead atoms. The van der Waals surface area contributed by atoms with Gasteiger partial charge in [-0.2, -0.15) is 5.10 Å². The number of hydrogen-bond acceptors (Lipinski definition) is 5. The van der Waals surface area contributed by atoms with Gasteiger partial charge < -0.3 is 9.84 Å². The Bertz CT molecular complexity index is 864. The summed E-state index contributed by atoms with van der Waals surface area (Å²) in [6, 6.07) is 7.49. The molecule has 0 saturated heterocycles. The van der Waals surface area contributed by atoms with Gasteiger partial charge in [-0.3, -0.25) is 14.5 Å². The summed E-state index contributed by atoms with van der Waals surface area (Å²) in [7, 11) is 1.85. The summed E-state index contributed by atoms with van der Waals surface area (Å²) >= 11 is 0. The van der Waals surface area contributed by atoms with Gasteiger partial charge in [-0.1, -0.05) is 5.16 Å². The molecule has 1 fully saturated rings. The predicted molar refractivity (Wildman–Crippen MR) is 86.1 cm³/mol. The van der Waals surface area contributed by atoms with Crippen molar-refractivity contribution in [3.8, 4) is 11.3 Å². The summed E-state index contributed by atoms with van der Waals surface area (Å²) in [5.74, 6) is 1.01. The van der Waals surface area contributed by atoms with Crippen LogP contribution in [0.3, 0.4) is 0 Å². The molecule has 0 radical (unpaired) electrons. The van der Waals surface area contributed by atoms with Gasteiger partial charge >= 0.3 is 0 Å². The predicted octanol–water partition coefficient (Wildman–Crippen LogP) is 2.28. The minimum Gasteiger partial charge on any atom is -0.360 e. The Morgan fingerprint density at radius 1 is 1.33 bits per heavy atom. The van der Waals surface area contributed by atoms with E-state index in [1.807, 2.05) is 25.2 Å². The van der Waals surface area contributed by atoms with Crippen molar-refractivity contribution in [1.82, 2.24) is 25.2 Å². The Morgan fingerprint density at radius 3 is 2.88 bits per heavy atom. The van der Waals surface area contributed by atoms with Crippen LogP contribution in [0, 0.1) is 0 Å². The number of aromatic nitrogens is 4. The molecule has 0 aromatic carbocycles. The second-order valence-electron chi connectivity index (χ2n) is 5.95. The van der Waals surface area contributed by atoms with Crippen molar-refractivity contribution in [3.05, 3.63) is 53.8 Å². The van der Waals surface area contributed by atoms with Gasteiger partial charge in [0.05, 0.1) is 17.9 Å². The van der Waals surface area contributed by atoms with Crippen molar-refractivity contribution < 1.29 is 9.32 Å². The number of aryl methyl sites for hydroxylation is 1. The molecule has 122 valence electrons. The van der Waals surface area contributed by atoms with Gasteiger partial charge in [0.15, 0.2) is 5.69 Å². The van der Waals surface area contributed by atoms with E-state index >= 15 is 0 Å². The molecule has 1 amide bonds. The third kappa shape index (κ3) is 2.92. The molecule has 0 aliphatic heterocycles. The van der Waals surface area contributed by atoms with Crippen LogP contribution in [0.2, 0.25) is 0 Å². The summed E-state index contributed by atoms with van der Waals surface area (Å²) < 4.78 is 6.97. The number of nitrogens with zero attached hydrogens (tertiary/aromatic N) is 4. The Kier molecular flexibility index (Phi) is 3.60. The van der Waals surface area contributed by atoms with Crippen molar-refractivity contribution in [2.24, 2.45) is 7.05 Å². The van der Waals surface area contributed by atoms with E-state index in [0.29, 0.717) is 18.2 Å². The van der Waals surface area contributed by atoms with E-state index in [9.17, 15) is 4.79 Å². The topological polar surface area (TPSA) is 85.8 Å². The molecule has 7 heteroatoms. The van der Waals surface area contributed by atoms with E-state index in [1.54, 1.807) is 23.1 Å². The van der Waals surface area contributed by atoms with E-state index in [2.05, 4.69) is 20.6 Å². The number of rotatable bonds is 5. The molecule has 1 aliphatic rings. The van der Waals surface area contributed by atoms with Crippen LogP contribution >= 0.6 is 0 Å². The lowest BCUT2D eigenvalue weighted by Crippen LogP contribution is -2.24. The lowest BCUT2D eigenvalue weighted by atomic mass is 10.2. The first kappa shape index (κ1) is 14.6. The van der Waals surface area contributed by atoms with E-state index in [0.717, 1.165) is 35.6 Å². The van der Waals surface area contributed by atoms with Crippen LogP contribution < -0.4 is 5.32 Å². The Labute approximate surface area is 138 Å².